The van der Waals surface area contributed by atoms with Crippen molar-refractivity contribution >= 4 is 5.91 Å². The number of carbonyl (C=O) groups is 1. The number of nitrogens with two attached hydrogens (primary N) is 1. The minimum absolute atomic E-state index is 0.223. The van der Waals surface area contributed by atoms with Gasteiger partial charge in [0.25, 0.3) is 0 Å². The van der Waals surface area contributed by atoms with Gasteiger partial charge in [-0.3, -0.25) is 4.79 Å². The van der Waals surface area contributed by atoms with E-state index < -0.39 is 0 Å². The Hall–Kier alpha value is -0.570. The third-order valence-electron chi connectivity index (χ3n) is 3.82. The normalized spacial score (nSPS) is 11.0. The second-order valence-electron chi connectivity index (χ2n) is 6.63. The van der Waals surface area contributed by atoms with Gasteiger partial charge in [0.15, 0.2) is 0 Å². The first kappa shape index (κ1) is 20.4. The first-order valence-corrected chi connectivity index (χ1v) is 9.13. The number of unbranched alkanes of at least 4 members (excludes halogenated alkanes) is 10. The van der Waals surface area contributed by atoms with Gasteiger partial charge in [-0.1, -0.05) is 71.6 Å². The lowest BCUT2D eigenvalue weighted by molar-refractivity contribution is -0.121. The molecule has 0 atom stereocenters. The summed E-state index contributed by atoms with van der Waals surface area (Å²) in [6.07, 6.45) is 14.9. The van der Waals surface area contributed by atoms with E-state index in [1.165, 1.54) is 64.2 Å². The standard InChI is InChI=1S/C18H38N2O/c1-17(2)16-20-18(21)14-12-10-8-6-4-3-5-7-9-11-13-15-19/h17H,3-16,19H2,1-2H3,(H,20,21). The second kappa shape index (κ2) is 15.8. The van der Waals surface area contributed by atoms with E-state index in [9.17, 15) is 4.79 Å². The van der Waals surface area contributed by atoms with Gasteiger partial charge in [0.05, 0.1) is 0 Å². The number of hydrogen-bond acceptors (Lipinski definition) is 2. The van der Waals surface area contributed by atoms with Crippen molar-refractivity contribution in [3.05, 3.63) is 0 Å². The van der Waals surface area contributed by atoms with E-state index in [0.717, 1.165) is 19.5 Å². The van der Waals surface area contributed by atoms with E-state index in [-0.39, 0.29) is 5.91 Å². The van der Waals surface area contributed by atoms with Gasteiger partial charge in [0.2, 0.25) is 5.91 Å². The molecule has 0 radical (unpaired) electrons. The number of hydrogen-bond donors (Lipinski definition) is 2. The zero-order chi connectivity index (χ0) is 15.8. The molecule has 1 amide bonds. The lowest BCUT2D eigenvalue weighted by Crippen LogP contribution is -2.26. The van der Waals surface area contributed by atoms with Crippen LogP contribution in [0.1, 0.15) is 90.9 Å². The lowest BCUT2D eigenvalue weighted by atomic mass is 10.1. The predicted octanol–water partition coefficient (Wildman–Crippen LogP) is 4.40. The van der Waals surface area contributed by atoms with E-state index in [1.54, 1.807) is 0 Å². The first-order chi connectivity index (χ1) is 10.2. The molecule has 0 fully saturated rings. The Labute approximate surface area is 132 Å². The van der Waals surface area contributed by atoms with Gasteiger partial charge < -0.3 is 11.1 Å². The van der Waals surface area contributed by atoms with Crippen LogP contribution in [0.4, 0.5) is 0 Å². The Balaban J connectivity index is 3.10. The summed E-state index contributed by atoms with van der Waals surface area (Å²) < 4.78 is 0. The highest BCUT2D eigenvalue weighted by Gasteiger charge is 2.01. The number of amides is 1. The lowest BCUT2D eigenvalue weighted by Gasteiger charge is -2.07. The largest absolute Gasteiger partial charge is 0.356 e. The summed E-state index contributed by atoms with van der Waals surface area (Å²) in [5, 5.41) is 2.98. The number of carbonyl (C=O) groups excluding carboxylic acids is 1. The fourth-order valence-corrected chi connectivity index (χ4v) is 2.43. The van der Waals surface area contributed by atoms with Crippen LogP contribution < -0.4 is 11.1 Å². The molecule has 0 aromatic carbocycles. The summed E-state index contributed by atoms with van der Waals surface area (Å²) in [6.45, 7) is 5.90. The van der Waals surface area contributed by atoms with Crippen LogP contribution in [0.3, 0.4) is 0 Å². The molecule has 0 aromatic rings. The highest BCUT2D eigenvalue weighted by atomic mass is 16.1. The topological polar surface area (TPSA) is 55.1 Å². The second-order valence-corrected chi connectivity index (χ2v) is 6.63. The Morgan fingerprint density at radius 1 is 0.810 bits per heavy atom. The van der Waals surface area contributed by atoms with Crippen molar-refractivity contribution in [3.8, 4) is 0 Å². The van der Waals surface area contributed by atoms with Crippen LogP contribution in [0.5, 0.6) is 0 Å². The summed E-state index contributed by atoms with van der Waals surface area (Å²) in [5.41, 5.74) is 5.47. The summed E-state index contributed by atoms with van der Waals surface area (Å²) in [4.78, 5) is 11.5. The molecule has 0 aliphatic rings. The van der Waals surface area contributed by atoms with Gasteiger partial charge >= 0.3 is 0 Å². The van der Waals surface area contributed by atoms with Crippen LogP contribution in [0, 0.1) is 5.92 Å². The zero-order valence-electron chi connectivity index (χ0n) is 14.5. The Morgan fingerprint density at radius 2 is 1.24 bits per heavy atom. The Bertz CT molecular complexity index is 229. The predicted molar refractivity (Wildman–Crippen MR) is 92.3 cm³/mol. The summed E-state index contributed by atoms with van der Waals surface area (Å²) >= 11 is 0. The van der Waals surface area contributed by atoms with Crippen molar-refractivity contribution in [2.24, 2.45) is 11.7 Å². The van der Waals surface area contributed by atoms with Crippen LogP contribution in [0.25, 0.3) is 0 Å². The monoisotopic (exact) mass is 298 g/mol. The molecule has 0 rings (SSSR count). The van der Waals surface area contributed by atoms with E-state index >= 15 is 0 Å². The van der Waals surface area contributed by atoms with Gasteiger partial charge in [0.1, 0.15) is 0 Å². The molecule has 3 N–H and O–H groups in total. The number of nitrogens with one attached hydrogen (secondary N) is 1. The summed E-state index contributed by atoms with van der Waals surface area (Å²) in [6, 6.07) is 0. The van der Waals surface area contributed by atoms with Crippen molar-refractivity contribution in [1.82, 2.24) is 5.32 Å². The van der Waals surface area contributed by atoms with Crippen LogP contribution in [-0.4, -0.2) is 19.0 Å². The smallest absolute Gasteiger partial charge is 0.220 e. The zero-order valence-corrected chi connectivity index (χ0v) is 14.5. The SMILES string of the molecule is CC(C)CNC(=O)CCCCCCCCCCCCCN. The van der Waals surface area contributed by atoms with Gasteiger partial charge in [-0.25, -0.2) is 0 Å². The molecule has 3 nitrogen and oxygen atoms in total. The molecule has 0 saturated heterocycles. The van der Waals surface area contributed by atoms with E-state index in [1.807, 2.05) is 0 Å². The van der Waals surface area contributed by atoms with Crippen molar-refractivity contribution in [3.63, 3.8) is 0 Å². The maximum absolute atomic E-state index is 11.5. The minimum Gasteiger partial charge on any atom is -0.356 e. The summed E-state index contributed by atoms with van der Waals surface area (Å²) in [5.74, 6) is 0.769. The van der Waals surface area contributed by atoms with E-state index in [4.69, 9.17) is 5.73 Å². The molecule has 3 heteroatoms. The Morgan fingerprint density at radius 3 is 1.67 bits per heavy atom. The first-order valence-electron chi connectivity index (χ1n) is 9.13. The molecule has 0 aliphatic carbocycles. The highest BCUT2D eigenvalue weighted by Crippen LogP contribution is 2.11. The van der Waals surface area contributed by atoms with E-state index in [0.29, 0.717) is 12.3 Å². The quantitative estimate of drug-likeness (QED) is 0.440. The van der Waals surface area contributed by atoms with Crippen LogP contribution >= 0.6 is 0 Å². The molecular formula is C18H38N2O. The molecule has 21 heavy (non-hydrogen) atoms. The van der Waals surface area contributed by atoms with Gasteiger partial charge in [-0.15, -0.1) is 0 Å². The van der Waals surface area contributed by atoms with Crippen LogP contribution in [0.15, 0.2) is 0 Å². The molecular weight excluding hydrogens is 260 g/mol. The average Bonchev–Trinajstić information content (AvgIpc) is 2.46. The molecule has 0 aliphatic heterocycles. The van der Waals surface area contributed by atoms with Crippen LogP contribution in [-0.2, 0) is 4.79 Å². The number of rotatable bonds is 15. The fraction of sp³-hybridized carbons (Fsp3) is 0.944. The molecule has 0 heterocycles. The molecule has 0 aromatic heterocycles. The van der Waals surface area contributed by atoms with Gasteiger partial charge in [0, 0.05) is 13.0 Å². The molecule has 0 spiro atoms. The highest BCUT2D eigenvalue weighted by molar-refractivity contribution is 5.75. The molecule has 0 unspecified atom stereocenters. The fourth-order valence-electron chi connectivity index (χ4n) is 2.43. The maximum Gasteiger partial charge on any atom is 0.220 e. The molecule has 126 valence electrons. The molecule has 0 saturated carbocycles. The van der Waals surface area contributed by atoms with Crippen LogP contribution in [0.2, 0.25) is 0 Å². The van der Waals surface area contributed by atoms with Crippen molar-refractivity contribution in [2.45, 2.75) is 90.9 Å². The maximum atomic E-state index is 11.5. The third-order valence-corrected chi connectivity index (χ3v) is 3.82. The minimum atomic E-state index is 0.223. The third kappa shape index (κ3) is 17.4. The Kier molecular flexibility index (Phi) is 15.4. The molecule has 0 bridgehead atoms. The van der Waals surface area contributed by atoms with E-state index in [2.05, 4.69) is 19.2 Å². The van der Waals surface area contributed by atoms with Gasteiger partial charge in [-0.05, 0) is 25.3 Å². The van der Waals surface area contributed by atoms with Crippen molar-refractivity contribution < 1.29 is 4.79 Å². The average molecular weight is 299 g/mol. The van der Waals surface area contributed by atoms with Crippen molar-refractivity contribution in [2.75, 3.05) is 13.1 Å². The summed E-state index contributed by atoms with van der Waals surface area (Å²) in [7, 11) is 0. The van der Waals surface area contributed by atoms with Crippen molar-refractivity contribution in [1.29, 1.82) is 0 Å². The van der Waals surface area contributed by atoms with Gasteiger partial charge in [-0.2, -0.15) is 0 Å².